The van der Waals surface area contributed by atoms with E-state index in [0.717, 1.165) is 17.9 Å². The molecule has 0 atom stereocenters. The van der Waals surface area contributed by atoms with Crippen molar-refractivity contribution < 1.29 is 9.53 Å². The smallest absolute Gasteiger partial charge is 0.254 e. The lowest BCUT2D eigenvalue weighted by molar-refractivity contribution is 0.0735. The lowest BCUT2D eigenvalue weighted by Crippen LogP contribution is -2.36. The Kier molecular flexibility index (Phi) is 6.50. The third-order valence-electron chi connectivity index (χ3n) is 4.25. The average molecular weight is 301 g/mol. The van der Waals surface area contributed by atoms with Gasteiger partial charge in [0.25, 0.3) is 5.91 Å². The normalized spacial score (nSPS) is 15.3. The standard InChI is InChI=1S/C19H27NO2/c1-3-14-20(15-16-8-6-5-7-9-16)19(21)17-10-12-18(13-11-17)22-4-2/h3,10-13,16H,1,4-9,14-15H2,2H3. The van der Waals surface area contributed by atoms with E-state index >= 15 is 0 Å². The first-order chi connectivity index (χ1) is 10.7. The van der Waals surface area contributed by atoms with Gasteiger partial charge in [0.05, 0.1) is 6.61 Å². The summed E-state index contributed by atoms with van der Waals surface area (Å²) in [7, 11) is 0. The monoisotopic (exact) mass is 301 g/mol. The van der Waals surface area contributed by atoms with Gasteiger partial charge in [-0.15, -0.1) is 6.58 Å². The van der Waals surface area contributed by atoms with Gasteiger partial charge in [-0.2, -0.15) is 0 Å². The number of benzene rings is 1. The number of rotatable bonds is 7. The lowest BCUT2D eigenvalue weighted by Gasteiger charge is -2.29. The maximum Gasteiger partial charge on any atom is 0.254 e. The van der Waals surface area contributed by atoms with Crippen molar-refractivity contribution in [2.75, 3.05) is 19.7 Å². The van der Waals surface area contributed by atoms with Crippen molar-refractivity contribution in [3.8, 4) is 5.75 Å². The van der Waals surface area contributed by atoms with Gasteiger partial charge in [0, 0.05) is 18.7 Å². The minimum atomic E-state index is 0.0912. The van der Waals surface area contributed by atoms with Gasteiger partial charge < -0.3 is 9.64 Å². The van der Waals surface area contributed by atoms with Crippen LogP contribution in [-0.2, 0) is 0 Å². The highest BCUT2D eigenvalue weighted by Gasteiger charge is 2.21. The van der Waals surface area contributed by atoms with E-state index in [4.69, 9.17) is 4.74 Å². The third kappa shape index (κ3) is 4.62. The van der Waals surface area contributed by atoms with E-state index < -0.39 is 0 Å². The zero-order valence-corrected chi connectivity index (χ0v) is 13.6. The van der Waals surface area contributed by atoms with Crippen molar-refractivity contribution in [1.29, 1.82) is 0 Å². The molecule has 0 N–H and O–H groups in total. The first-order valence-electron chi connectivity index (χ1n) is 8.37. The molecule has 1 aliphatic rings. The first-order valence-corrected chi connectivity index (χ1v) is 8.37. The number of ether oxygens (including phenoxy) is 1. The van der Waals surface area contributed by atoms with Crippen molar-refractivity contribution in [3.63, 3.8) is 0 Å². The zero-order chi connectivity index (χ0) is 15.8. The molecule has 1 fully saturated rings. The Morgan fingerprint density at radius 3 is 2.55 bits per heavy atom. The number of amides is 1. The second-order valence-electron chi connectivity index (χ2n) is 5.96. The lowest BCUT2D eigenvalue weighted by atomic mass is 9.89. The van der Waals surface area contributed by atoms with Crippen LogP contribution in [0.4, 0.5) is 0 Å². The SMILES string of the molecule is C=CCN(CC1CCCCC1)C(=O)c1ccc(OCC)cc1. The van der Waals surface area contributed by atoms with Crippen LogP contribution in [0.2, 0.25) is 0 Å². The topological polar surface area (TPSA) is 29.5 Å². The molecule has 1 amide bonds. The molecule has 0 aliphatic heterocycles. The predicted molar refractivity (Wildman–Crippen MR) is 90.3 cm³/mol. The van der Waals surface area contributed by atoms with Crippen LogP contribution in [0.1, 0.15) is 49.4 Å². The summed E-state index contributed by atoms with van der Waals surface area (Å²) in [6.45, 7) is 7.84. The summed E-state index contributed by atoms with van der Waals surface area (Å²) >= 11 is 0. The molecule has 3 heteroatoms. The fraction of sp³-hybridized carbons (Fsp3) is 0.526. The molecule has 0 bridgehead atoms. The molecule has 0 unspecified atom stereocenters. The van der Waals surface area contributed by atoms with E-state index in [1.165, 1.54) is 32.1 Å². The van der Waals surface area contributed by atoms with E-state index in [1.807, 2.05) is 42.2 Å². The zero-order valence-electron chi connectivity index (χ0n) is 13.6. The van der Waals surface area contributed by atoms with Gasteiger partial charge in [-0.05, 0) is 49.9 Å². The van der Waals surface area contributed by atoms with Crippen LogP contribution >= 0.6 is 0 Å². The fourth-order valence-corrected chi connectivity index (χ4v) is 3.12. The molecule has 0 aromatic heterocycles. The molecule has 2 rings (SSSR count). The number of carbonyl (C=O) groups is 1. The number of nitrogens with zero attached hydrogens (tertiary/aromatic N) is 1. The fourth-order valence-electron chi connectivity index (χ4n) is 3.12. The molecule has 0 radical (unpaired) electrons. The minimum Gasteiger partial charge on any atom is -0.494 e. The van der Waals surface area contributed by atoms with Crippen LogP contribution in [0.3, 0.4) is 0 Å². The quantitative estimate of drug-likeness (QED) is 0.703. The minimum absolute atomic E-state index is 0.0912. The number of carbonyl (C=O) groups excluding carboxylic acids is 1. The Balaban J connectivity index is 2.02. The van der Waals surface area contributed by atoms with Gasteiger partial charge in [0.15, 0.2) is 0 Å². The Bertz CT molecular complexity index is 475. The number of hydrogen-bond donors (Lipinski definition) is 0. The molecule has 1 aromatic carbocycles. The highest BCUT2D eigenvalue weighted by atomic mass is 16.5. The van der Waals surface area contributed by atoms with Crippen molar-refractivity contribution >= 4 is 5.91 Å². The average Bonchev–Trinajstić information content (AvgIpc) is 2.56. The van der Waals surface area contributed by atoms with Gasteiger partial charge in [-0.3, -0.25) is 4.79 Å². The van der Waals surface area contributed by atoms with Crippen molar-refractivity contribution in [2.45, 2.75) is 39.0 Å². The second-order valence-corrected chi connectivity index (χ2v) is 5.96. The van der Waals surface area contributed by atoms with Gasteiger partial charge in [-0.1, -0.05) is 25.3 Å². The molecule has 3 nitrogen and oxygen atoms in total. The van der Waals surface area contributed by atoms with Crippen molar-refractivity contribution in [1.82, 2.24) is 4.90 Å². The summed E-state index contributed by atoms with van der Waals surface area (Å²) in [5.74, 6) is 1.54. The number of hydrogen-bond acceptors (Lipinski definition) is 2. The highest BCUT2D eigenvalue weighted by Crippen LogP contribution is 2.25. The highest BCUT2D eigenvalue weighted by molar-refractivity contribution is 5.94. The van der Waals surface area contributed by atoms with E-state index in [2.05, 4.69) is 6.58 Å². The Morgan fingerprint density at radius 1 is 1.27 bits per heavy atom. The summed E-state index contributed by atoms with van der Waals surface area (Å²) in [6.07, 6.45) is 8.22. The van der Waals surface area contributed by atoms with Crippen molar-refractivity contribution in [3.05, 3.63) is 42.5 Å². The van der Waals surface area contributed by atoms with Gasteiger partial charge in [-0.25, -0.2) is 0 Å². The van der Waals surface area contributed by atoms with E-state index in [-0.39, 0.29) is 5.91 Å². The summed E-state index contributed by atoms with van der Waals surface area (Å²) in [5.41, 5.74) is 0.723. The molecule has 22 heavy (non-hydrogen) atoms. The predicted octanol–water partition coefficient (Wildman–Crippen LogP) is 4.29. The van der Waals surface area contributed by atoms with Crippen LogP contribution in [-0.4, -0.2) is 30.5 Å². The Labute approximate surface area is 134 Å². The Morgan fingerprint density at radius 2 is 1.95 bits per heavy atom. The van der Waals surface area contributed by atoms with Gasteiger partial charge in [0.2, 0.25) is 0 Å². The maximum atomic E-state index is 12.7. The molecule has 120 valence electrons. The molecular weight excluding hydrogens is 274 g/mol. The van der Waals surface area contributed by atoms with Gasteiger partial charge >= 0.3 is 0 Å². The van der Waals surface area contributed by atoms with Crippen LogP contribution in [0.25, 0.3) is 0 Å². The summed E-state index contributed by atoms with van der Waals surface area (Å²) in [5, 5.41) is 0. The first kappa shape index (κ1) is 16.6. The largest absolute Gasteiger partial charge is 0.494 e. The van der Waals surface area contributed by atoms with Crippen LogP contribution < -0.4 is 4.74 Å². The van der Waals surface area contributed by atoms with Crippen LogP contribution in [0.15, 0.2) is 36.9 Å². The third-order valence-corrected chi connectivity index (χ3v) is 4.25. The Hall–Kier alpha value is -1.77. The summed E-state index contributed by atoms with van der Waals surface area (Å²) in [4.78, 5) is 14.6. The van der Waals surface area contributed by atoms with E-state index in [0.29, 0.717) is 19.1 Å². The molecule has 1 aliphatic carbocycles. The second kappa shape index (κ2) is 8.62. The summed E-state index contributed by atoms with van der Waals surface area (Å²) < 4.78 is 5.43. The molecular formula is C19H27NO2. The maximum absolute atomic E-state index is 12.7. The van der Waals surface area contributed by atoms with Crippen LogP contribution in [0.5, 0.6) is 5.75 Å². The van der Waals surface area contributed by atoms with E-state index in [9.17, 15) is 4.79 Å². The van der Waals surface area contributed by atoms with Gasteiger partial charge in [0.1, 0.15) is 5.75 Å². The molecule has 0 heterocycles. The molecule has 0 spiro atoms. The molecule has 0 saturated heterocycles. The van der Waals surface area contributed by atoms with E-state index in [1.54, 1.807) is 0 Å². The summed E-state index contributed by atoms with van der Waals surface area (Å²) in [6, 6.07) is 7.43. The molecule has 1 aromatic rings. The van der Waals surface area contributed by atoms with Crippen LogP contribution in [0, 0.1) is 5.92 Å². The molecule has 1 saturated carbocycles. The van der Waals surface area contributed by atoms with Crippen molar-refractivity contribution in [2.24, 2.45) is 5.92 Å².